The van der Waals surface area contributed by atoms with Crippen LogP contribution in [-0.2, 0) is 6.54 Å². The summed E-state index contributed by atoms with van der Waals surface area (Å²) in [4.78, 5) is 4.51. The summed E-state index contributed by atoms with van der Waals surface area (Å²) in [5, 5.41) is 3.47. The second-order valence-electron chi connectivity index (χ2n) is 4.30. The van der Waals surface area contributed by atoms with Gasteiger partial charge >= 0.3 is 0 Å². The summed E-state index contributed by atoms with van der Waals surface area (Å²) in [6, 6.07) is 4.53. The molecule has 0 amide bonds. The molecule has 2 aromatic heterocycles. The van der Waals surface area contributed by atoms with E-state index in [0.29, 0.717) is 12.6 Å². The predicted molar refractivity (Wildman–Crippen MR) is 63.1 cm³/mol. The lowest BCUT2D eigenvalue weighted by molar-refractivity contribution is 0.602. The van der Waals surface area contributed by atoms with Gasteiger partial charge < -0.3 is 15.5 Å². The number of hydrogen-bond acceptors (Lipinski definition) is 3. The van der Waals surface area contributed by atoms with Crippen molar-refractivity contribution in [2.75, 3.05) is 6.54 Å². The molecule has 4 heteroatoms. The monoisotopic (exact) mass is 216 g/mol. The van der Waals surface area contributed by atoms with E-state index >= 15 is 0 Å². The van der Waals surface area contributed by atoms with Crippen molar-refractivity contribution in [3.63, 3.8) is 0 Å². The van der Waals surface area contributed by atoms with Crippen molar-refractivity contribution in [1.82, 2.24) is 14.7 Å². The molecule has 1 atom stereocenters. The number of fused-ring (bicyclic) bond motifs is 1. The minimum absolute atomic E-state index is 0.399. The fourth-order valence-corrected chi connectivity index (χ4v) is 2.34. The zero-order chi connectivity index (χ0) is 11.0. The number of nitrogens with one attached hydrogen (secondary N) is 1. The lowest BCUT2D eigenvalue weighted by atomic mass is 10.2. The van der Waals surface area contributed by atoms with Crippen molar-refractivity contribution in [2.24, 2.45) is 5.73 Å². The Morgan fingerprint density at radius 2 is 2.44 bits per heavy atom. The van der Waals surface area contributed by atoms with Crippen molar-refractivity contribution >= 4 is 5.52 Å². The summed E-state index contributed by atoms with van der Waals surface area (Å²) in [6.07, 6.45) is 6.43. The molecule has 2 aromatic rings. The van der Waals surface area contributed by atoms with Crippen molar-refractivity contribution in [1.29, 1.82) is 0 Å². The van der Waals surface area contributed by atoms with Gasteiger partial charge in [0.15, 0.2) is 0 Å². The van der Waals surface area contributed by atoms with Gasteiger partial charge in [-0.3, -0.25) is 0 Å². The molecule has 1 saturated heterocycles. The topological polar surface area (TPSA) is 55.3 Å². The van der Waals surface area contributed by atoms with Crippen molar-refractivity contribution in [3.05, 3.63) is 35.9 Å². The van der Waals surface area contributed by atoms with Crippen LogP contribution in [0.2, 0.25) is 0 Å². The van der Waals surface area contributed by atoms with Crippen LogP contribution in [0.5, 0.6) is 0 Å². The lowest BCUT2D eigenvalue weighted by Crippen LogP contribution is -2.16. The molecule has 0 aromatic carbocycles. The highest BCUT2D eigenvalue weighted by molar-refractivity contribution is 5.47. The highest BCUT2D eigenvalue weighted by Crippen LogP contribution is 2.23. The molecule has 3 N–H and O–H groups in total. The number of pyridine rings is 1. The first-order chi connectivity index (χ1) is 7.88. The van der Waals surface area contributed by atoms with Crippen LogP contribution in [0.1, 0.15) is 30.3 Å². The predicted octanol–water partition coefficient (Wildman–Crippen LogP) is 1.22. The third-order valence-corrected chi connectivity index (χ3v) is 3.22. The zero-order valence-electron chi connectivity index (χ0n) is 9.19. The Hall–Kier alpha value is -1.39. The number of aromatic nitrogens is 2. The van der Waals surface area contributed by atoms with Crippen LogP contribution >= 0.6 is 0 Å². The summed E-state index contributed by atoms with van der Waals surface area (Å²) in [7, 11) is 0. The SMILES string of the molecule is NCc1ccc2cnc(C3CCCN3)n2c1. The van der Waals surface area contributed by atoms with Gasteiger partial charge in [0.05, 0.1) is 17.8 Å². The van der Waals surface area contributed by atoms with Crippen LogP contribution in [0.4, 0.5) is 0 Å². The summed E-state index contributed by atoms with van der Waals surface area (Å²) in [5.74, 6) is 1.11. The summed E-state index contributed by atoms with van der Waals surface area (Å²) in [6.45, 7) is 1.67. The molecule has 1 aliphatic heterocycles. The number of imidazole rings is 1. The summed E-state index contributed by atoms with van der Waals surface area (Å²) in [5.41, 5.74) is 7.95. The van der Waals surface area contributed by atoms with E-state index in [1.54, 1.807) is 0 Å². The third-order valence-electron chi connectivity index (χ3n) is 3.22. The molecule has 0 saturated carbocycles. The van der Waals surface area contributed by atoms with Crippen molar-refractivity contribution < 1.29 is 0 Å². The van der Waals surface area contributed by atoms with Crippen LogP contribution in [0, 0.1) is 0 Å². The molecule has 0 bridgehead atoms. The molecule has 1 fully saturated rings. The third kappa shape index (κ3) is 1.50. The molecule has 3 rings (SSSR count). The zero-order valence-corrected chi connectivity index (χ0v) is 9.19. The molecule has 0 radical (unpaired) electrons. The number of nitrogens with zero attached hydrogens (tertiary/aromatic N) is 2. The summed E-state index contributed by atoms with van der Waals surface area (Å²) >= 11 is 0. The smallest absolute Gasteiger partial charge is 0.130 e. The first-order valence-corrected chi connectivity index (χ1v) is 5.78. The first-order valence-electron chi connectivity index (χ1n) is 5.78. The quantitative estimate of drug-likeness (QED) is 0.793. The van der Waals surface area contributed by atoms with Crippen LogP contribution in [0.3, 0.4) is 0 Å². The Kier molecular flexibility index (Phi) is 2.38. The highest BCUT2D eigenvalue weighted by Gasteiger charge is 2.20. The van der Waals surface area contributed by atoms with Crippen LogP contribution in [-0.4, -0.2) is 15.9 Å². The molecule has 0 spiro atoms. The van der Waals surface area contributed by atoms with E-state index in [2.05, 4.69) is 33.0 Å². The maximum Gasteiger partial charge on any atom is 0.130 e. The van der Waals surface area contributed by atoms with Gasteiger partial charge in [-0.2, -0.15) is 0 Å². The van der Waals surface area contributed by atoms with E-state index in [4.69, 9.17) is 5.73 Å². The van der Waals surface area contributed by atoms with E-state index in [9.17, 15) is 0 Å². The van der Waals surface area contributed by atoms with Gasteiger partial charge in [-0.1, -0.05) is 6.07 Å². The van der Waals surface area contributed by atoms with E-state index in [1.165, 1.54) is 12.8 Å². The van der Waals surface area contributed by atoms with E-state index in [-0.39, 0.29) is 0 Å². The van der Waals surface area contributed by atoms with E-state index in [0.717, 1.165) is 23.4 Å². The van der Waals surface area contributed by atoms with Gasteiger partial charge in [-0.15, -0.1) is 0 Å². The molecule has 1 unspecified atom stereocenters. The number of nitrogens with two attached hydrogens (primary N) is 1. The van der Waals surface area contributed by atoms with Crippen LogP contribution in [0.15, 0.2) is 24.5 Å². The summed E-state index contributed by atoms with van der Waals surface area (Å²) < 4.78 is 2.16. The first kappa shape index (κ1) is 9.81. The van der Waals surface area contributed by atoms with Crippen molar-refractivity contribution in [3.8, 4) is 0 Å². The molecule has 84 valence electrons. The molecule has 3 heterocycles. The minimum atomic E-state index is 0.399. The Morgan fingerprint density at radius 3 is 3.19 bits per heavy atom. The maximum atomic E-state index is 5.66. The molecular weight excluding hydrogens is 200 g/mol. The van der Waals surface area contributed by atoms with Gasteiger partial charge in [-0.05, 0) is 31.0 Å². The average Bonchev–Trinajstić information content (AvgIpc) is 2.96. The fourth-order valence-electron chi connectivity index (χ4n) is 2.34. The van der Waals surface area contributed by atoms with Gasteiger partial charge in [0.2, 0.25) is 0 Å². The lowest BCUT2D eigenvalue weighted by Gasteiger charge is -2.09. The maximum absolute atomic E-state index is 5.66. The van der Waals surface area contributed by atoms with Crippen LogP contribution in [0.25, 0.3) is 5.52 Å². The van der Waals surface area contributed by atoms with Gasteiger partial charge in [0.25, 0.3) is 0 Å². The van der Waals surface area contributed by atoms with Crippen LogP contribution < -0.4 is 11.1 Å². The second kappa shape index (κ2) is 3.88. The Balaban J connectivity index is 2.09. The molecular formula is C12H16N4. The Morgan fingerprint density at radius 1 is 1.50 bits per heavy atom. The normalized spacial score (nSPS) is 20.7. The minimum Gasteiger partial charge on any atom is -0.326 e. The Bertz CT molecular complexity index is 497. The average molecular weight is 216 g/mol. The highest BCUT2D eigenvalue weighted by atomic mass is 15.1. The largest absolute Gasteiger partial charge is 0.326 e. The fraction of sp³-hybridized carbons (Fsp3) is 0.417. The Labute approximate surface area is 94.5 Å². The van der Waals surface area contributed by atoms with Crippen molar-refractivity contribution in [2.45, 2.75) is 25.4 Å². The molecule has 4 nitrogen and oxygen atoms in total. The van der Waals surface area contributed by atoms with Gasteiger partial charge in [-0.25, -0.2) is 4.98 Å². The van der Waals surface area contributed by atoms with E-state index in [1.807, 2.05) is 6.20 Å². The molecule has 16 heavy (non-hydrogen) atoms. The van der Waals surface area contributed by atoms with Gasteiger partial charge in [0, 0.05) is 12.7 Å². The molecule has 1 aliphatic rings. The van der Waals surface area contributed by atoms with E-state index < -0.39 is 0 Å². The molecule has 0 aliphatic carbocycles. The number of rotatable bonds is 2. The van der Waals surface area contributed by atoms with Gasteiger partial charge in [0.1, 0.15) is 5.82 Å². The standard InChI is InChI=1S/C12H16N4/c13-6-9-3-4-10-7-15-12(16(10)8-9)11-2-1-5-14-11/h3-4,7-8,11,14H,1-2,5-6,13H2. The number of hydrogen-bond donors (Lipinski definition) is 2. The second-order valence-corrected chi connectivity index (χ2v) is 4.30.